The second-order valence-corrected chi connectivity index (χ2v) is 7.15. The van der Waals surface area contributed by atoms with Crippen molar-refractivity contribution in [3.05, 3.63) is 29.8 Å². The number of rotatable bonds is 4. The average Bonchev–Trinajstić information content (AvgIpc) is 3.03. The van der Waals surface area contributed by atoms with Gasteiger partial charge < -0.3 is 15.0 Å². The molecule has 3 rings (SSSR count). The first-order chi connectivity index (χ1) is 11.1. The molecule has 1 atom stereocenters. The average molecular weight is 316 g/mol. The summed E-state index contributed by atoms with van der Waals surface area (Å²) in [5.74, 6) is 1.34. The molecular weight excluding hydrogens is 288 g/mol. The Balaban J connectivity index is 1.57. The molecular formula is C19H28N2O2. The normalized spacial score (nSPS) is 21.4. The van der Waals surface area contributed by atoms with E-state index in [9.17, 15) is 4.79 Å². The molecule has 2 aliphatic heterocycles. The molecule has 0 radical (unpaired) electrons. The Morgan fingerprint density at radius 3 is 2.70 bits per heavy atom. The number of piperidine rings is 1. The lowest BCUT2D eigenvalue weighted by atomic mass is 9.77. The Labute approximate surface area is 139 Å². The Bertz CT molecular complexity index is 542. The third-order valence-corrected chi connectivity index (χ3v) is 5.66. The van der Waals surface area contributed by atoms with Gasteiger partial charge in [-0.05, 0) is 48.8 Å². The van der Waals surface area contributed by atoms with E-state index in [1.54, 1.807) is 7.11 Å². The zero-order valence-electron chi connectivity index (χ0n) is 14.3. The number of carbonyl (C=O) groups is 1. The predicted molar refractivity (Wildman–Crippen MR) is 91.8 cm³/mol. The number of para-hydroxylation sites is 1. The summed E-state index contributed by atoms with van der Waals surface area (Å²) in [4.78, 5) is 14.7. The molecule has 2 fully saturated rings. The number of nitrogens with one attached hydrogen (secondary N) is 1. The summed E-state index contributed by atoms with van der Waals surface area (Å²) in [5, 5.41) is 3.48. The zero-order valence-corrected chi connectivity index (χ0v) is 14.3. The first-order valence-corrected chi connectivity index (χ1v) is 8.75. The molecule has 2 saturated heterocycles. The van der Waals surface area contributed by atoms with Crippen LogP contribution in [0.25, 0.3) is 0 Å². The molecule has 1 aromatic rings. The van der Waals surface area contributed by atoms with E-state index >= 15 is 0 Å². The van der Waals surface area contributed by atoms with Gasteiger partial charge in [-0.25, -0.2) is 0 Å². The lowest BCUT2D eigenvalue weighted by Gasteiger charge is -2.39. The van der Waals surface area contributed by atoms with E-state index < -0.39 is 0 Å². The Kier molecular flexibility index (Phi) is 4.90. The van der Waals surface area contributed by atoms with Gasteiger partial charge in [0.25, 0.3) is 0 Å². The topological polar surface area (TPSA) is 41.6 Å². The summed E-state index contributed by atoms with van der Waals surface area (Å²) in [7, 11) is 1.69. The van der Waals surface area contributed by atoms with Crippen LogP contribution in [0.3, 0.4) is 0 Å². The second-order valence-electron chi connectivity index (χ2n) is 7.15. The van der Waals surface area contributed by atoms with Gasteiger partial charge in [0.15, 0.2) is 0 Å². The van der Waals surface area contributed by atoms with E-state index in [2.05, 4.69) is 23.2 Å². The van der Waals surface area contributed by atoms with Gasteiger partial charge in [-0.1, -0.05) is 25.1 Å². The minimum atomic E-state index is 0.183. The summed E-state index contributed by atoms with van der Waals surface area (Å²) in [6, 6.07) is 8.01. The van der Waals surface area contributed by atoms with Gasteiger partial charge in [-0.3, -0.25) is 4.79 Å². The predicted octanol–water partition coefficient (Wildman–Crippen LogP) is 2.79. The van der Waals surface area contributed by atoms with Gasteiger partial charge in [-0.15, -0.1) is 0 Å². The van der Waals surface area contributed by atoms with Gasteiger partial charge >= 0.3 is 0 Å². The number of hydrogen-bond acceptors (Lipinski definition) is 3. The summed E-state index contributed by atoms with van der Waals surface area (Å²) >= 11 is 0. The van der Waals surface area contributed by atoms with Crippen molar-refractivity contribution in [3.63, 3.8) is 0 Å². The van der Waals surface area contributed by atoms with Crippen molar-refractivity contribution in [1.29, 1.82) is 0 Å². The molecule has 2 heterocycles. The molecule has 4 heteroatoms. The summed E-state index contributed by atoms with van der Waals surface area (Å²) in [6.45, 7) is 6.21. The van der Waals surface area contributed by atoms with Crippen LogP contribution in [0.2, 0.25) is 0 Å². The van der Waals surface area contributed by atoms with Crippen LogP contribution in [0.5, 0.6) is 5.75 Å². The van der Waals surface area contributed by atoms with Gasteiger partial charge in [0, 0.05) is 26.1 Å². The monoisotopic (exact) mass is 316 g/mol. The molecule has 2 aliphatic rings. The maximum atomic E-state index is 12.7. The van der Waals surface area contributed by atoms with Crippen LogP contribution in [-0.4, -0.2) is 44.1 Å². The minimum Gasteiger partial charge on any atom is -0.496 e. The summed E-state index contributed by atoms with van der Waals surface area (Å²) < 4.78 is 5.43. The highest BCUT2D eigenvalue weighted by Gasteiger charge is 2.38. The SMILES string of the molecule is COc1ccccc1C(C)CC(=O)N1CCC2(CCNC2)CC1. The van der Waals surface area contributed by atoms with Gasteiger partial charge in [-0.2, -0.15) is 0 Å². The number of likely N-dealkylation sites (tertiary alicyclic amines) is 1. The highest BCUT2D eigenvalue weighted by atomic mass is 16.5. The fourth-order valence-corrected chi connectivity index (χ4v) is 4.03. The second kappa shape index (κ2) is 6.91. The first-order valence-electron chi connectivity index (χ1n) is 8.75. The smallest absolute Gasteiger partial charge is 0.223 e. The van der Waals surface area contributed by atoms with E-state index in [1.165, 1.54) is 6.42 Å². The van der Waals surface area contributed by atoms with Crippen molar-refractivity contribution < 1.29 is 9.53 Å². The highest BCUT2D eigenvalue weighted by molar-refractivity contribution is 5.77. The lowest BCUT2D eigenvalue weighted by molar-refractivity contribution is -0.133. The number of amides is 1. The van der Waals surface area contributed by atoms with Gasteiger partial charge in [0.05, 0.1) is 7.11 Å². The van der Waals surface area contributed by atoms with Crippen LogP contribution in [-0.2, 0) is 4.79 Å². The summed E-state index contributed by atoms with van der Waals surface area (Å²) in [6.07, 6.45) is 4.13. The molecule has 4 nitrogen and oxygen atoms in total. The van der Waals surface area contributed by atoms with Crippen LogP contribution >= 0.6 is 0 Å². The Hall–Kier alpha value is -1.55. The third kappa shape index (κ3) is 3.52. The highest BCUT2D eigenvalue weighted by Crippen LogP contribution is 2.37. The number of hydrogen-bond donors (Lipinski definition) is 1. The summed E-state index contributed by atoms with van der Waals surface area (Å²) in [5.41, 5.74) is 1.59. The number of ether oxygens (including phenoxy) is 1. The van der Waals surface area contributed by atoms with Crippen molar-refractivity contribution in [2.24, 2.45) is 5.41 Å². The number of methoxy groups -OCH3 is 1. The fourth-order valence-electron chi connectivity index (χ4n) is 4.03. The van der Waals surface area contributed by atoms with E-state index in [0.717, 1.165) is 50.3 Å². The Morgan fingerprint density at radius 1 is 1.30 bits per heavy atom. The van der Waals surface area contributed by atoms with Crippen LogP contribution in [0.1, 0.15) is 44.1 Å². The van der Waals surface area contributed by atoms with E-state index in [4.69, 9.17) is 4.74 Å². The number of benzene rings is 1. The molecule has 126 valence electrons. The van der Waals surface area contributed by atoms with Crippen molar-refractivity contribution in [3.8, 4) is 5.75 Å². The van der Waals surface area contributed by atoms with Crippen molar-refractivity contribution >= 4 is 5.91 Å². The van der Waals surface area contributed by atoms with Crippen molar-refractivity contribution in [2.75, 3.05) is 33.3 Å². The van der Waals surface area contributed by atoms with Crippen LogP contribution < -0.4 is 10.1 Å². The number of nitrogens with zero attached hydrogens (tertiary/aromatic N) is 1. The van der Waals surface area contributed by atoms with Crippen molar-refractivity contribution in [2.45, 2.75) is 38.5 Å². The third-order valence-electron chi connectivity index (χ3n) is 5.66. The molecule has 0 aromatic heterocycles. The standard InChI is InChI=1S/C19H28N2O2/c1-15(16-5-3-4-6-17(16)23-2)13-18(22)21-11-8-19(9-12-21)7-10-20-14-19/h3-6,15,20H,7-14H2,1-2H3. The van der Waals surface area contributed by atoms with E-state index in [0.29, 0.717) is 11.8 Å². The van der Waals surface area contributed by atoms with Gasteiger partial charge in [0.2, 0.25) is 5.91 Å². The zero-order chi connectivity index (χ0) is 16.3. The molecule has 0 bridgehead atoms. The maximum Gasteiger partial charge on any atom is 0.223 e. The first kappa shape index (κ1) is 16.3. The molecule has 0 saturated carbocycles. The van der Waals surface area contributed by atoms with Crippen LogP contribution in [0.15, 0.2) is 24.3 Å². The van der Waals surface area contributed by atoms with Gasteiger partial charge in [0.1, 0.15) is 5.75 Å². The molecule has 1 amide bonds. The molecule has 1 N–H and O–H groups in total. The molecule has 1 unspecified atom stereocenters. The largest absolute Gasteiger partial charge is 0.496 e. The maximum absolute atomic E-state index is 12.7. The molecule has 1 spiro atoms. The minimum absolute atomic E-state index is 0.183. The fraction of sp³-hybridized carbons (Fsp3) is 0.632. The number of carbonyl (C=O) groups excluding carboxylic acids is 1. The van der Waals surface area contributed by atoms with Crippen LogP contribution in [0.4, 0.5) is 0 Å². The Morgan fingerprint density at radius 2 is 2.04 bits per heavy atom. The molecule has 23 heavy (non-hydrogen) atoms. The lowest BCUT2D eigenvalue weighted by Crippen LogP contribution is -2.44. The van der Waals surface area contributed by atoms with E-state index in [1.807, 2.05) is 18.2 Å². The molecule has 1 aromatic carbocycles. The van der Waals surface area contributed by atoms with Crippen LogP contribution in [0, 0.1) is 5.41 Å². The van der Waals surface area contributed by atoms with E-state index in [-0.39, 0.29) is 11.8 Å². The molecule has 0 aliphatic carbocycles. The van der Waals surface area contributed by atoms with Crippen molar-refractivity contribution in [1.82, 2.24) is 10.2 Å². The quantitative estimate of drug-likeness (QED) is 0.929.